The minimum absolute atomic E-state index is 0.126. The zero-order valence-electron chi connectivity index (χ0n) is 14.0. The third-order valence-corrected chi connectivity index (χ3v) is 5.96. The molecule has 4 aliphatic heterocycles. The van der Waals surface area contributed by atoms with Gasteiger partial charge < -0.3 is 4.74 Å². The number of nitrogens with one attached hydrogen (secondary N) is 2. The van der Waals surface area contributed by atoms with E-state index in [1.54, 1.807) is 15.9 Å². The maximum Gasteiger partial charge on any atom is 0.240 e. The van der Waals surface area contributed by atoms with Crippen LogP contribution in [0.3, 0.4) is 0 Å². The fourth-order valence-electron chi connectivity index (χ4n) is 5.38. The molecule has 4 nitrogen and oxygen atoms in total. The number of hydrogen-bond acceptors (Lipinski definition) is 2. The van der Waals surface area contributed by atoms with Gasteiger partial charge in [-0.25, -0.2) is 0 Å². The molecule has 122 valence electrons. The molecular formula is C19H26N2O2+2. The van der Waals surface area contributed by atoms with E-state index < -0.39 is 0 Å². The highest BCUT2D eigenvalue weighted by Gasteiger charge is 2.68. The van der Waals surface area contributed by atoms with Gasteiger partial charge in [0.25, 0.3) is 0 Å². The van der Waals surface area contributed by atoms with Crippen molar-refractivity contribution in [1.82, 2.24) is 0 Å². The van der Waals surface area contributed by atoms with Crippen LogP contribution in [-0.2, 0) is 4.79 Å². The van der Waals surface area contributed by atoms with E-state index in [4.69, 9.17) is 4.74 Å². The summed E-state index contributed by atoms with van der Waals surface area (Å²) in [5.74, 6) is 1.39. The van der Waals surface area contributed by atoms with Crippen molar-refractivity contribution < 1.29 is 19.3 Å². The van der Waals surface area contributed by atoms with Gasteiger partial charge in [0.05, 0.1) is 31.7 Å². The number of carbonyl (C=O) groups excluding carboxylic acids is 1. The maximum absolute atomic E-state index is 12.8. The second-order valence-corrected chi connectivity index (χ2v) is 8.08. The molecule has 23 heavy (non-hydrogen) atoms. The fourth-order valence-corrected chi connectivity index (χ4v) is 5.38. The number of piperidine rings is 2. The minimum atomic E-state index is -0.126. The molecule has 0 aliphatic carbocycles. The molecule has 0 atom stereocenters. The Morgan fingerprint density at radius 3 is 2.13 bits per heavy atom. The Morgan fingerprint density at radius 1 is 1.13 bits per heavy atom. The number of benzene rings is 1. The monoisotopic (exact) mass is 314 g/mol. The van der Waals surface area contributed by atoms with Crippen molar-refractivity contribution in [2.75, 3.05) is 32.8 Å². The molecular weight excluding hydrogens is 288 g/mol. The van der Waals surface area contributed by atoms with Crippen LogP contribution in [0, 0.1) is 10.8 Å². The Kier molecular flexibility index (Phi) is 3.19. The summed E-state index contributed by atoms with van der Waals surface area (Å²) in [5, 5.41) is 0. The Balaban J connectivity index is 1.60. The summed E-state index contributed by atoms with van der Waals surface area (Å²) in [4.78, 5) is 15.9. The lowest BCUT2D eigenvalue weighted by molar-refractivity contribution is -1.18. The summed E-state index contributed by atoms with van der Waals surface area (Å²) < 4.78 is 5.59. The van der Waals surface area contributed by atoms with Gasteiger partial charge in [0.15, 0.2) is 5.78 Å². The zero-order chi connectivity index (χ0) is 16.2. The van der Waals surface area contributed by atoms with E-state index in [2.05, 4.69) is 44.7 Å². The summed E-state index contributed by atoms with van der Waals surface area (Å²) in [5.41, 5.74) is 1.11. The van der Waals surface area contributed by atoms with E-state index >= 15 is 0 Å². The molecule has 0 amide bonds. The van der Waals surface area contributed by atoms with Crippen LogP contribution < -0.4 is 14.5 Å². The van der Waals surface area contributed by atoms with Crippen LogP contribution in [0.1, 0.15) is 25.6 Å². The largest absolute Gasteiger partial charge is 0.490 e. The lowest BCUT2D eigenvalue weighted by Crippen LogP contribution is -3.41. The van der Waals surface area contributed by atoms with Crippen LogP contribution in [0.15, 0.2) is 36.9 Å². The van der Waals surface area contributed by atoms with Gasteiger partial charge in [-0.15, -0.1) is 0 Å². The highest BCUT2D eigenvalue weighted by molar-refractivity contribution is 5.91. The first-order chi connectivity index (χ1) is 11.0. The van der Waals surface area contributed by atoms with Crippen molar-refractivity contribution in [2.24, 2.45) is 10.8 Å². The highest BCUT2D eigenvalue weighted by atomic mass is 16.5. The molecule has 4 heteroatoms. The van der Waals surface area contributed by atoms with Crippen molar-refractivity contribution >= 4 is 5.78 Å². The number of hydrogen-bond donors (Lipinski definition) is 2. The van der Waals surface area contributed by atoms with E-state index in [0.29, 0.717) is 18.6 Å². The molecule has 5 rings (SSSR count). The Hall–Kier alpha value is -1.65. The van der Waals surface area contributed by atoms with E-state index in [0.717, 1.165) is 31.9 Å². The highest BCUT2D eigenvalue weighted by Crippen LogP contribution is 2.36. The van der Waals surface area contributed by atoms with Gasteiger partial charge >= 0.3 is 0 Å². The summed E-state index contributed by atoms with van der Waals surface area (Å²) >= 11 is 0. The van der Waals surface area contributed by atoms with Crippen LogP contribution in [0.25, 0.3) is 0 Å². The molecule has 4 aliphatic rings. The first-order valence-electron chi connectivity index (χ1n) is 8.53. The second kappa shape index (κ2) is 4.92. The molecule has 0 radical (unpaired) electrons. The molecule has 4 saturated heterocycles. The van der Waals surface area contributed by atoms with Crippen molar-refractivity contribution in [3.05, 3.63) is 42.5 Å². The Bertz CT molecular complexity index is 612. The Labute approximate surface area is 137 Å². The number of rotatable bonds is 4. The SMILES string of the molecule is C=CCOc1ccc(C2[NH+]3CC4(C)C[NH+]2CC(C)(C3)C4=O)cc1. The zero-order valence-corrected chi connectivity index (χ0v) is 14.0. The second-order valence-electron chi connectivity index (χ2n) is 8.08. The number of quaternary nitrogens is 2. The molecule has 4 bridgehead atoms. The molecule has 2 N–H and O–H groups in total. The molecule has 0 saturated carbocycles. The van der Waals surface area contributed by atoms with Crippen LogP contribution in [0.4, 0.5) is 0 Å². The van der Waals surface area contributed by atoms with Crippen molar-refractivity contribution in [1.29, 1.82) is 0 Å². The van der Waals surface area contributed by atoms with E-state index in [1.165, 1.54) is 5.56 Å². The van der Waals surface area contributed by atoms with Gasteiger partial charge in [-0.2, -0.15) is 0 Å². The lowest BCUT2D eigenvalue weighted by atomic mass is 9.62. The molecule has 0 unspecified atom stereocenters. The molecule has 1 aromatic carbocycles. The summed E-state index contributed by atoms with van der Waals surface area (Å²) in [7, 11) is 0. The van der Waals surface area contributed by atoms with Crippen molar-refractivity contribution in [3.63, 3.8) is 0 Å². The predicted molar refractivity (Wildman–Crippen MR) is 87.5 cm³/mol. The van der Waals surface area contributed by atoms with Crippen LogP contribution in [0.2, 0.25) is 0 Å². The average Bonchev–Trinajstić information content (AvgIpc) is 2.50. The van der Waals surface area contributed by atoms with Crippen molar-refractivity contribution in [2.45, 2.75) is 20.0 Å². The normalized spacial score (nSPS) is 41.1. The van der Waals surface area contributed by atoms with Crippen LogP contribution in [0.5, 0.6) is 5.75 Å². The van der Waals surface area contributed by atoms with Gasteiger partial charge in [-0.1, -0.05) is 12.7 Å². The topological polar surface area (TPSA) is 35.2 Å². The molecule has 4 fully saturated rings. The number of ketones is 1. The van der Waals surface area contributed by atoms with Gasteiger partial charge in [0.2, 0.25) is 6.17 Å². The molecule has 0 spiro atoms. The smallest absolute Gasteiger partial charge is 0.240 e. The van der Waals surface area contributed by atoms with E-state index in [9.17, 15) is 4.79 Å². The summed E-state index contributed by atoms with van der Waals surface area (Å²) in [6.07, 6.45) is 2.22. The van der Waals surface area contributed by atoms with Gasteiger partial charge in [-0.05, 0) is 38.1 Å². The Morgan fingerprint density at radius 2 is 1.65 bits per heavy atom. The molecule has 0 aromatic heterocycles. The van der Waals surface area contributed by atoms with Gasteiger partial charge in [0, 0.05) is 0 Å². The standard InChI is InChI=1S/C19H24N2O2/c1-4-9-23-15-7-5-14(6-8-15)16-20-10-18(2)11-21(16)13-19(3,12-20)17(18)22/h4-8,16H,1,9-13H2,2-3H3/p+2. The van der Waals surface area contributed by atoms with Gasteiger partial charge in [-0.3, -0.25) is 14.6 Å². The quantitative estimate of drug-likeness (QED) is 0.745. The first kappa shape index (κ1) is 14.9. The van der Waals surface area contributed by atoms with Crippen LogP contribution >= 0.6 is 0 Å². The third-order valence-electron chi connectivity index (χ3n) is 5.96. The maximum atomic E-state index is 12.8. The molecule has 1 aromatic rings. The summed E-state index contributed by atoms with van der Waals surface area (Å²) in [6.45, 7) is 12.5. The lowest BCUT2D eigenvalue weighted by Gasteiger charge is -2.58. The molecule has 4 heterocycles. The predicted octanol–water partition coefficient (Wildman–Crippen LogP) is -0.358. The third kappa shape index (κ3) is 2.16. The first-order valence-corrected chi connectivity index (χ1v) is 8.53. The van der Waals surface area contributed by atoms with Crippen molar-refractivity contribution in [3.8, 4) is 5.75 Å². The number of Topliss-reactive ketones (excluding diaryl/α,β-unsaturated/α-hetero) is 1. The number of ether oxygens (including phenoxy) is 1. The minimum Gasteiger partial charge on any atom is -0.490 e. The number of carbonyl (C=O) groups is 1. The van der Waals surface area contributed by atoms with Crippen LogP contribution in [-0.4, -0.2) is 38.6 Å². The average molecular weight is 314 g/mol. The van der Waals surface area contributed by atoms with E-state index in [1.807, 2.05) is 0 Å². The van der Waals surface area contributed by atoms with E-state index in [-0.39, 0.29) is 10.8 Å². The fraction of sp³-hybridized carbons (Fsp3) is 0.526. The summed E-state index contributed by atoms with van der Waals surface area (Å²) in [6, 6.07) is 8.49. The van der Waals surface area contributed by atoms with Gasteiger partial charge in [0.1, 0.15) is 23.2 Å².